The molecular weight excluding hydrogens is 279 g/mol. The lowest BCUT2D eigenvalue weighted by atomic mass is 10.2. The van der Waals surface area contributed by atoms with Crippen molar-refractivity contribution in [1.82, 2.24) is 0 Å². The molecule has 20 heavy (non-hydrogen) atoms. The minimum atomic E-state index is -1.26. The van der Waals surface area contributed by atoms with Crippen LogP contribution in [0.2, 0.25) is 0 Å². The van der Waals surface area contributed by atoms with E-state index in [4.69, 9.17) is 9.84 Å². The van der Waals surface area contributed by atoms with Crippen molar-refractivity contribution in [1.29, 1.82) is 0 Å². The Bertz CT molecular complexity index is 628. The third-order valence-corrected chi connectivity index (χ3v) is 3.80. The number of rotatable bonds is 5. The monoisotopic (exact) mass is 292 g/mol. The molecule has 2 aromatic rings. The van der Waals surface area contributed by atoms with Gasteiger partial charge in [0.15, 0.2) is 0 Å². The Hall–Kier alpha value is -2.01. The Labute approximate surface area is 120 Å². The fourth-order valence-corrected chi connectivity index (χ4v) is 2.67. The summed E-state index contributed by atoms with van der Waals surface area (Å²) in [5.74, 6) is -0.587. The molecule has 0 heterocycles. The topological polar surface area (TPSA) is 46.5 Å². The highest BCUT2D eigenvalue weighted by molar-refractivity contribution is 7.98. The van der Waals surface area contributed by atoms with Crippen LogP contribution in [0.25, 0.3) is 0 Å². The van der Waals surface area contributed by atoms with Crippen molar-refractivity contribution in [3.05, 3.63) is 59.4 Å². The zero-order valence-corrected chi connectivity index (χ0v) is 11.6. The molecule has 0 aliphatic heterocycles. The van der Waals surface area contributed by atoms with Gasteiger partial charge in [-0.2, -0.15) is 0 Å². The molecule has 0 aromatic heterocycles. The summed E-state index contributed by atoms with van der Waals surface area (Å²) >= 11 is 1.43. The molecule has 104 valence electrons. The van der Waals surface area contributed by atoms with Crippen molar-refractivity contribution in [2.45, 2.75) is 10.6 Å². The molecule has 2 rings (SSSR count). The fraction of sp³-hybridized carbons (Fsp3) is 0.133. The fourth-order valence-electron chi connectivity index (χ4n) is 1.74. The number of hydrogen-bond acceptors (Lipinski definition) is 3. The molecule has 1 N–H and O–H groups in total. The van der Waals surface area contributed by atoms with Gasteiger partial charge >= 0.3 is 5.97 Å². The molecule has 0 atom stereocenters. The van der Waals surface area contributed by atoms with E-state index < -0.39 is 11.8 Å². The zero-order chi connectivity index (χ0) is 14.5. The summed E-state index contributed by atoms with van der Waals surface area (Å²) in [5.41, 5.74) is 0.691. The Morgan fingerprint density at radius 1 is 1.30 bits per heavy atom. The molecule has 2 aromatic carbocycles. The molecule has 0 aliphatic carbocycles. The van der Waals surface area contributed by atoms with Crippen LogP contribution in [0.4, 0.5) is 4.39 Å². The van der Waals surface area contributed by atoms with E-state index in [1.807, 2.05) is 24.3 Å². The number of carboxylic acids is 1. The molecule has 0 bridgehead atoms. The average Bonchev–Trinajstić information content (AvgIpc) is 2.46. The van der Waals surface area contributed by atoms with Gasteiger partial charge < -0.3 is 9.84 Å². The van der Waals surface area contributed by atoms with Crippen molar-refractivity contribution < 1.29 is 19.0 Å². The van der Waals surface area contributed by atoms with Gasteiger partial charge in [-0.1, -0.05) is 18.2 Å². The minimum Gasteiger partial charge on any atom is -0.496 e. The van der Waals surface area contributed by atoms with Crippen LogP contribution in [-0.2, 0) is 5.75 Å². The Balaban J connectivity index is 2.15. The normalized spacial score (nSPS) is 10.3. The standard InChI is InChI=1S/C15H13FO3S/c1-19-14-5-3-2-4-10(14)9-20-11-6-7-13(16)12(8-11)15(17)18/h2-8H,9H2,1H3,(H,17,18). The first-order valence-electron chi connectivity index (χ1n) is 5.89. The number of para-hydroxylation sites is 1. The van der Waals surface area contributed by atoms with Crippen molar-refractivity contribution in [2.24, 2.45) is 0 Å². The van der Waals surface area contributed by atoms with Crippen LogP contribution in [0.15, 0.2) is 47.4 Å². The summed E-state index contributed by atoms with van der Waals surface area (Å²) in [6.07, 6.45) is 0. The number of benzene rings is 2. The van der Waals surface area contributed by atoms with E-state index in [1.54, 1.807) is 13.2 Å². The Kier molecular flexibility index (Phi) is 4.63. The summed E-state index contributed by atoms with van der Waals surface area (Å²) in [7, 11) is 1.60. The summed E-state index contributed by atoms with van der Waals surface area (Å²) in [5, 5.41) is 8.89. The van der Waals surface area contributed by atoms with Crippen molar-refractivity contribution in [3.63, 3.8) is 0 Å². The molecule has 0 saturated carbocycles. The van der Waals surface area contributed by atoms with Gasteiger partial charge in [0.2, 0.25) is 0 Å². The predicted molar refractivity (Wildman–Crippen MR) is 75.9 cm³/mol. The Morgan fingerprint density at radius 3 is 2.75 bits per heavy atom. The van der Waals surface area contributed by atoms with E-state index in [0.29, 0.717) is 10.6 Å². The smallest absolute Gasteiger partial charge is 0.338 e. The number of carboxylic acid groups (broad SMARTS) is 1. The van der Waals surface area contributed by atoms with Crippen LogP contribution >= 0.6 is 11.8 Å². The number of carbonyl (C=O) groups is 1. The highest BCUT2D eigenvalue weighted by atomic mass is 32.2. The van der Waals surface area contributed by atoms with Gasteiger partial charge in [0.05, 0.1) is 12.7 Å². The van der Waals surface area contributed by atoms with Gasteiger partial charge in [-0.3, -0.25) is 0 Å². The molecule has 0 unspecified atom stereocenters. The number of halogens is 1. The first kappa shape index (κ1) is 14.4. The largest absolute Gasteiger partial charge is 0.496 e. The molecule has 0 spiro atoms. The molecule has 5 heteroatoms. The molecule has 0 aliphatic rings. The summed E-state index contributed by atoms with van der Waals surface area (Å²) < 4.78 is 18.5. The lowest BCUT2D eigenvalue weighted by molar-refractivity contribution is 0.0691. The molecule has 3 nitrogen and oxygen atoms in total. The van der Waals surface area contributed by atoms with Crippen LogP contribution in [0.1, 0.15) is 15.9 Å². The van der Waals surface area contributed by atoms with Gasteiger partial charge in [0.25, 0.3) is 0 Å². The van der Waals surface area contributed by atoms with Gasteiger partial charge in [-0.15, -0.1) is 11.8 Å². The maximum absolute atomic E-state index is 13.3. The maximum atomic E-state index is 13.3. The Morgan fingerprint density at radius 2 is 2.05 bits per heavy atom. The van der Waals surface area contributed by atoms with Crippen molar-refractivity contribution >= 4 is 17.7 Å². The van der Waals surface area contributed by atoms with Crippen molar-refractivity contribution in [2.75, 3.05) is 7.11 Å². The van der Waals surface area contributed by atoms with E-state index in [1.165, 1.54) is 23.9 Å². The van der Waals surface area contributed by atoms with Crippen LogP contribution in [0.5, 0.6) is 5.75 Å². The van der Waals surface area contributed by atoms with Crippen LogP contribution in [-0.4, -0.2) is 18.2 Å². The van der Waals surface area contributed by atoms with E-state index in [-0.39, 0.29) is 5.56 Å². The van der Waals surface area contributed by atoms with Gasteiger partial charge in [-0.25, -0.2) is 9.18 Å². The van der Waals surface area contributed by atoms with Gasteiger partial charge in [0.1, 0.15) is 11.6 Å². The predicted octanol–water partition coefficient (Wildman–Crippen LogP) is 3.82. The first-order chi connectivity index (χ1) is 9.61. The molecule has 0 saturated heterocycles. The minimum absolute atomic E-state index is 0.310. The number of hydrogen-bond donors (Lipinski definition) is 1. The highest BCUT2D eigenvalue weighted by Gasteiger charge is 2.11. The van der Waals surface area contributed by atoms with Crippen LogP contribution in [0.3, 0.4) is 0 Å². The quantitative estimate of drug-likeness (QED) is 0.851. The number of thioether (sulfide) groups is 1. The van der Waals surface area contributed by atoms with E-state index >= 15 is 0 Å². The molecule has 0 fully saturated rings. The van der Waals surface area contributed by atoms with Gasteiger partial charge in [0, 0.05) is 16.2 Å². The summed E-state index contributed by atoms with van der Waals surface area (Å²) in [6.45, 7) is 0. The lowest BCUT2D eigenvalue weighted by Crippen LogP contribution is -2.00. The van der Waals surface area contributed by atoms with E-state index in [0.717, 1.165) is 11.3 Å². The second kappa shape index (κ2) is 6.43. The third-order valence-electron chi connectivity index (χ3n) is 2.76. The molecular formula is C15H13FO3S. The van der Waals surface area contributed by atoms with Gasteiger partial charge in [-0.05, 0) is 24.3 Å². The van der Waals surface area contributed by atoms with Crippen LogP contribution < -0.4 is 4.74 Å². The maximum Gasteiger partial charge on any atom is 0.338 e. The summed E-state index contributed by atoms with van der Waals surface area (Å²) in [6, 6.07) is 11.7. The van der Waals surface area contributed by atoms with Crippen LogP contribution in [0, 0.1) is 5.82 Å². The zero-order valence-electron chi connectivity index (χ0n) is 10.8. The SMILES string of the molecule is COc1ccccc1CSc1ccc(F)c(C(=O)O)c1. The molecule has 0 amide bonds. The average molecular weight is 292 g/mol. The lowest BCUT2D eigenvalue weighted by Gasteiger charge is -2.08. The second-order valence-corrected chi connectivity index (χ2v) is 5.10. The number of ether oxygens (including phenoxy) is 1. The second-order valence-electron chi connectivity index (χ2n) is 4.05. The first-order valence-corrected chi connectivity index (χ1v) is 6.88. The number of methoxy groups -OCH3 is 1. The van der Waals surface area contributed by atoms with E-state index in [2.05, 4.69) is 0 Å². The third kappa shape index (κ3) is 3.30. The highest BCUT2D eigenvalue weighted by Crippen LogP contribution is 2.28. The summed E-state index contributed by atoms with van der Waals surface area (Å²) in [4.78, 5) is 11.6. The molecule has 0 radical (unpaired) electrons. The van der Waals surface area contributed by atoms with E-state index in [9.17, 15) is 9.18 Å². The van der Waals surface area contributed by atoms with Crippen molar-refractivity contribution in [3.8, 4) is 5.75 Å². The number of aromatic carboxylic acids is 1.